The molecule has 35 heavy (non-hydrogen) atoms. The van der Waals surface area contributed by atoms with Gasteiger partial charge in [0.25, 0.3) is 0 Å². The van der Waals surface area contributed by atoms with Gasteiger partial charge in [0.1, 0.15) is 5.01 Å². The summed E-state index contributed by atoms with van der Waals surface area (Å²) in [5, 5.41) is 5.63. The summed E-state index contributed by atoms with van der Waals surface area (Å²) in [7, 11) is -8.09. The number of hydrogen-bond acceptors (Lipinski definition) is 8. The molecule has 4 rings (SSSR count). The predicted molar refractivity (Wildman–Crippen MR) is 130 cm³/mol. The number of sulfonamides is 1. The molecule has 13 heteroatoms. The Hall–Kier alpha value is -3.26. The number of carbonyl (C=O) groups excluding carboxylic acids is 1. The molecule has 1 amide bonds. The Morgan fingerprint density at radius 1 is 1.03 bits per heavy atom. The minimum absolute atomic E-state index is 0.0198. The van der Waals surface area contributed by atoms with Gasteiger partial charge in [0, 0.05) is 18.3 Å². The summed E-state index contributed by atoms with van der Waals surface area (Å²) < 4.78 is 63.1. The van der Waals surface area contributed by atoms with Crippen molar-refractivity contribution in [3.8, 4) is 11.1 Å². The van der Waals surface area contributed by atoms with E-state index in [-0.39, 0.29) is 16.4 Å². The molecule has 0 aliphatic carbocycles. The summed E-state index contributed by atoms with van der Waals surface area (Å²) in [6.07, 6.45) is 1.38. The number of nitrogens with two attached hydrogens (primary N) is 1. The number of aromatic nitrogens is 2. The highest BCUT2D eigenvalue weighted by Gasteiger charge is 2.38. The van der Waals surface area contributed by atoms with Crippen molar-refractivity contribution in [1.82, 2.24) is 15.3 Å². The number of nitrogens with zero attached hydrogens (tertiary/aromatic N) is 2. The van der Waals surface area contributed by atoms with Crippen LogP contribution < -0.4 is 10.5 Å². The van der Waals surface area contributed by atoms with Crippen molar-refractivity contribution in [2.75, 3.05) is 12.3 Å². The molecule has 0 saturated carbocycles. The molecule has 2 aromatic carbocycles. The van der Waals surface area contributed by atoms with Gasteiger partial charge >= 0.3 is 0 Å². The van der Waals surface area contributed by atoms with Crippen molar-refractivity contribution < 1.29 is 26.0 Å². The quantitative estimate of drug-likeness (QED) is 0.330. The first kappa shape index (κ1) is 24.9. The van der Waals surface area contributed by atoms with Crippen LogP contribution >= 0.6 is 11.3 Å². The molecule has 0 radical (unpaired) electrons. The second-order valence-corrected chi connectivity index (χ2v) is 12.3. The van der Waals surface area contributed by atoms with E-state index in [0.29, 0.717) is 21.3 Å². The lowest BCUT2D eigenvalue weighted by Crippen LogP contribution is -2.37. The van der Waals surface area contributed by atoms with E-state index in [1.54, 1.807) is 30.3 Å². The number of fused-ring (bicyclic) bond motifs is 1. The molecule has 0 aliphatic heterocycles. The molecular formula is C22H19FN4O5S3. The maximum atomic E-state index is 13.5. The van der Waals surface area contributed by atoms with Gasteiger partial charge in [-0.3, -0.25) is 4.79 Å². The van der Waals surface area contributed by atoms with Gasteiger partial charge in [-0.1, -0.05) is 24.3 Å². The standard InChI is InChI=1S/C22H19FN4O5S3/c23-19-9-7-15(13-26-19)14-6-8-17-18(12-14)33-22(27-17)20(21(28)25-10-11-34(24,29)30)35(31,32)16-4-2-1-3-5-16/h1-9,12-13,20H,10-11H2,(H,25,28)(H2,24,29,30). The lowest BCUT2D eigenvalue weighted by atomic mass is 10.1. The molecule has 0 saturated heterocycles. The Balaban J connectivity index is 1.75. The normalized spacial score (nSPS) is 13.0. The van der Waals surface area contributed by atoms with Gasteiger partial charge in [0.2, 0.25) is 21.9 Å². The van der Waals surface area contributed by atoms with Crippen LogP contribution in [-0.2, 0) is 24.7 Å². The van der Waals surface area contributed by atoms with Crippen LogP contribution in [0.1, 0.15) is 10.3 Å². The number of pyridine rings is 1. The fourth-order valence-corrected chi connectivity index (χ4v) is 6.71. The maximum Gasteiger partial charge on any atom is 0.245 e. The highest BCUT2D eigenvalue weighted by molar-refractivity contribution is 7.92. The highest BCUT2D eigenvalue weighted by Crippen LogP contribution is 2.36. The fourth-order valence-electron chi connectivity index (χ4n) is 3.32. The van der Waals surface area contributed by atoms with Crippen LogP contribution in [0, 0.1) is 5.95 Å². The van der Waals surface area contributed by atoms with Crippen LogP contribution in [0.15, 0.2) is 71.8 Å². The first-order valence-electron chi connectivity index (χ1n) is 10.1. The number of benzene rings is 2. The summed E-state index contributed by atoms with van der Waals surface area (Å²) in [4.78, 5) is 21.0. The topological polar surface area (TPSA) is 149 Å². The smallest absolute Gasteiger partial charge is 0.245 e. The Kier molecular flexibility index (Phi) is 6.94. The van der Waals surface area contributed by atoms with Crippen molar-refractivity contribution in [1.29, 1.82) is 0 Å². The monoisotopic (exact) mass is 534 g/mol. The molecule has 2 aromatic heterocycles. The molecule has 0 spiro atoms. The van der Waals surface area contributed by atoms with Crippen LogP contribution in [0.5, 0.6) is 0 Å². The summed E-state index contributed by atoms with van der Waals surface area (Å²) in [5.41, 5.74) is 1.83. The Morgan fingerprint density at radius 3 is 2.40 bits per heavy atom. The van der Waals surface area contributed by atoms with Crippen LogP contribution in [-0.4, -0.2) is 45.0 Å². The summed E-state index contributed by atoms with van der Waals surface area (Å²) in [6.45, 7) is -0.356. The second-order valence-electron chi connectivity index (χ2n) is 7.50. The minimum Gasteiger partial charge on any atom is -0.354 e. The van der Waals surface area contributed by atoms with E-state index >= 15 is 0 Å². The molecule has 182 valence electrons. The lowest BCUT2D eigenvalue weighted by Gasteiger charge is -2.15. The van der Waals surface area contributed by atoms with E-state index in [1.807, 2.05) is 0 Å². The number of rotatable bonds is 8. The predicted octanol–water partition coefficient (Wildman–Crippen LogP) is 2.42. The number of carbonyl (C=O) groups is 1. The van der Waals surface area contributed by atoms with Gasteiger partial charge in [0.15, 0.2) is 15.1 Å². The third-order valence-electron chi connectivity index (χ3n) is 5.00. The van der Waals surface area contributed by atoms with Gasteiger partial charge in [0.05, 0.1) is 20.9 Å². The van der Waals surface area contributed by atoms with Crippen molar-refractivity contribution in [2.24, 2.45) is 5.14 Å². The Morgan fingerprint density at radius 2 is 1.74 bits per heavy atom. The maximum absolute atomic E-state index is 13.5. The number of amides is 1. The number of thiazole rings is 1. The van der Waals surface area contributed by atoms with Crippen molar-refractivity contribution >= 4 is 47.3 Å². The average molecular weight is 535 g/mol. The number of nitrogens with one attached hydrogen (secondary N) is 1. The molecule has 0 fully saturated rings. The van der Waals surface area contributed by atoms with Crippen LogP contribution in [0.25, 0.3) is 21.3 Å². The zero-order valence-electron chi connectivity index (χ0n) is 18.0. The van der Waals surface area contributed by atoms with Crippen LogP contribution in [0.3, 0.4) is 0 Å². The SMILES string of the molecule is NS(=O)(=O)CCNC(=O)C(c1nc2ccc(-c3ccc(F)nc3)cc2s1)S(=O)(=O)c1ccccc1. The molecule has 0 bridgehead atoms. The lowest BCUT2D eigenvalue weighted by molar-refractivity contribution is -0.120. The van der Waals surface area contributed by atoms with Crippen molar-refractivity contribution in [2.45, 2.75) is 10.1 Å². The molecule has 2 heterocycles. The molecule has 4 aromatic rings. The number of sulfone groups is 1. The van der Waals surface area contributed by atoms with E-state index in [0.717, 1.165) is 11.3 Å². The van der Waals surface area contributed by atoms with Gasteiger partial charge in [-0.15, -0.1) is 11.3 Å². The fraction of sp³-hybridized carbons (Fsp3) is 0.136. The number of primary sulfonamides is 1. The average Bonchev–Trinajstić information content (AvgIpc) is 3.21. The molecule has 9 nitrogen and oxygen atoms in total. The van der Waals surface area contributed by atoms with E-state index in [4.69, 9.17) is 5.14 Å². The largest absolute Gasteiger partial charge is 0.354 e. The van der Waals surface area contributed by atoms with E-state index < -0.39 is 42.7 Å². The second kappa shape index (κ2) is 9.77. The highest BCUT2D eigenvalue weighted by atomic mass is 32.2. The number of halogens is 1. The summed E-state index contributed by atoms with van der Waals surface area (Å²) >= 11 is 1.02. The van der Waals surface area contributed by atoms with E-state index in [1.165, 1.54) is 36.5 Å². The molecule has 0 aliphatic rings. The van der Waals surface area contributed by atoms with Crippen molar-refractivity contribution in [3.05, 3.63) is 77.8 Å². The van der Waals surface area contributed by atoms with Crippen LogP contribution in [0.4, 0.5) is 4.39 Å². The number of hydrogen-bond donors (Lipinski definition) is 2. The van der Waals surface area contributed by atoms with Gasteiger partial charge in [-0.2, -0.15) is 4.39 Å². The van der Waals surface area contributed by atoms with Crippen molar-refractivity contribution in [3.63, 3.8) is 0 Å². The van der Waals surface area contributed by atoms with Crippen LogP contribution in [0.2, 0.25) is 0 Å². The Labute approximate surface area is 204 Å². The van der Waals surface area contributed by atoms with Gasteiger partial charge in [-0.25, -0.2) is 31.9 Å². The minimum atomic E-state index is -4.23. The third kappa shape index (κ3) is 5.70. The zero-order valence-corrected chi connectivity index (χ0v) is 20.4. The molecular weight excluding hydrogens is 515 g/mol. The Bertz CT molecular complexity index is 1590. The summed E-state index contributed by atoms with van der Waals surface area (Å²) in [6, 6.07) is 15.4. The molecule has 3 N–H and O–H groups in total. The first-order chi connectivity index (χ1) is 16.5. The first-order valence-corrected chi connectivity index (χ1v) is 14.2. The van der Waals surface area contributed by atoms with E-state index in [2.05, 4.69) is 15.3 Å². The third-order valence-corrected chi connectivity index (χ3v) is 8.99. The van der Waals surface area contributed by atoms with E-state index in [9.17, 15) is 26.0 Å². The molecule has 1 atom stereocenters. The van der Waals surface area contributed by atoms with Gasteiger partial charge < -0.3 is 5.32 Å². The molecule has 1 unspecified atom stereocenters. The van der Waals surface area contributed by atoms with Gasteiger partial charge in [-0.05, 0) is 42.0 Å². The summed E-state index contributed by atoms with van der Waals surface area (Å²) in [5.74, 6) is -2.08. The zero-order chi connectivity index (χ0) is 25.2.